The topological polar surface area (TPSA) is 17.1 Å². The van der Waals surface area contributed by atoms with Crippen LogP contribution in [0.1, 0.15) is 17.3 Å². The lowest BCUT2D eigenvalue weighted by Gasteiger charge is -2.04. The number of alkyl halides is 1. The van der Waals surface area contributed by atoms with Gasteiger partial charge in [-0.2, -0.15) is 0 Å². The SMILES string of the molecule is CC(Br)C(=O)c1ccc(S)c(I)c1. The van der Waals surface area contributed by atoms with E-state index in [9.17, 15) is 4.79 Å². The number of rotatable bonds is 2. The van der Waals surface area contributed by atoms with Crippen LogP contribution in [0.4, 0.5) is 0 Å². The average molecular weight is 371 g/mol. The first-order valence-corrected chi connectivity index (χ1v) is 6.13. The number of ketones is 1. The Morgan fingerprint density at radius 3 is 2.69 bits per heavy atom. The van der Waals surface area contributed by atoms with E-state index in [1.54, 1.807) is 6.07 Å². The van der Waals surface area contributed by atoms with Crippen molar-refractivity contribution in [3.8, 4) is 0 Å². The number of hydrogen-bond donors (Lipinski definition) is 1. The summed E-state index contributed by atoms with van der Waals surface area (Å²) in [6.07, 6.45) is 0. The molecule has 0 aliphatic rings. The minimum absolute atomic E-state index is 0.103. The molecule has 1 nitrogen and oxygen atoms in total. The molecule has 0 N–H and O–H groups in total. The van der Waals surface area contributed by atoms with Crippen LogP contribution in [0.25, 0.3) is 0 Å². The quantitative estimate of drug-likeness (QED) is 0.364. The molecule has 0 aliphatic carbocycles. The summed E-state index contributed by atoms with van der Waals surface area (Å²) in [7, 11) is 0. The van der Waals surface area contributed by atoms with Crippen LogP contribution in [0.2, 0.25) is 0 Å². The Labute approximate surface area is 105 Å². The monoisotopic (exact) mass is 370 g/mol. The molecule has 0 spiro atoms. The van der Waals surface area contributed by atoms with Crippen LogP contribution in [-0.4, -0.2) is 10.6 Å². The van der Waals surface area contributed by atoms with Crippen LogP contribution in [0.5, 0.6) is 0 Å². The molecular formula is C9H8BrIOS. The van der Waals surface area contributed by atoms with Crippen molar-refractivity contribution in [2.45, 2.75) is 16.6 Å². The predicted molar refractivity (Wildman–Crippen MR) is 69.1 cm³/mol. The number of thiol groups is 1. The zero-order valence-corrected chi connectivity index (χ0v) is 11.6. The highest BCUT2D eigenvalue weighted by Crippen LogP contribution is 2.19. The molecule has 1 atom stereocenters. The van der Waals surface area contributed by atoms with E-state index in [2.05, 4.69) is 51.1 Å². The van der Waals surface area contributed by atoms with Crippen LogP contribution >= 0.6 is 51.1 Å². The molecule has 1 rings (SSSR count). The summed E-state index contributed by atoms with van der Waals surface area (Å²) in [4.78, 5) is 12.3. The molecule has 0 aromatic heterocycles. The summed E-state index contributed by atoms with van der Waals surface area (Å²) in [6.45, 7) is 1.82. The second-order valence-corrected chi connectivity index (χ2v) is 5.66. The fourth-order valence-electron chi connectivity index (χ4n) is 0.890. The van der Waals surface area contributed by atoms with Crippen molar-refractivity contribution in [1.82, 2.24) is 0 Å². The molecule has 0 amide bonds. The Bertz CT molecular complexity index is 338. The van der Waals surface area contributed by atoms with Gasteiger partial charge in [0.05, 0.1) is 4.83 Å². The van der Waals surface area contributed by atoms with Crippen LogP contribution in [0.3, 0.4) is 0 Å². The number of carbonyl (C=O) groups is 1. The van der Waals surface area contributed by atoms with E-state index in [-0.39, 0.29) is 10.6 Å². The van der Waals surface area contributed by atoms with Gasteiger partial charge in [-0.15, -0.1) is 12.6 Å². The lowest BCUT2D eigenvalue weighted by molar-refractivity contribution is 0.0995. The maximum absolute atomic E-state index is 11.5. The molecule has 4 heteroatoms. The number of Topliss-reactive ketones (excluding diaryl/α,β-unsaturated/α-hetero) is 1. The number of benzene rings is 1. The minimum atomic E-state index is -0.130. The molecule has 13 heavy (non-hydrogen) atoms. The third-order valence-corrected chi connectivity index (χ3v) is 3.72. The van der Waals surface area contributed by atoms with Crippen molar-refractivity contribution in [1.29, 1.82) is 0 Å². The number of carbonyl (C=O) groups excluding carboxylic acids is 1. The Morgan fingerprint density at radius 1 is 1.62 bits per heavy atom. The highest BCUT2D eigenvalue weighted by molar-refractivity contribution is 14.1. The van der Waals surface area contributed by atoms with Crippen LogP contribution < -0.4 is 0 Å². The van der Waals surface area contributed by atoms with Gasteiger partial charge in [-0.05, 0) is 41.6 Å². The zero-order valence-electron chi connectivity index (χ0n) is 6.92. The Kier molecular flexibility index (Phi) is 4.25. The van der Waals surface area contributed by atoms with Gasteiger partial charge < -0.3 is 0 Å². The third-order valence-electron chi connectivity index (χ3n) is 1.59. The average Bonchev–Trinajstić information content (AvgIpc) is 2.08. The highest BCUT2D eigenvalue weighted by atomic mass is 127. The zero-order chi connectivity index (χ0) is 10.0. The standard InChI is InChI=1S/C9H8BrIOS/c1-5(10)9(12)6-2-3-8(13)7(11)4-6/h2-5,13H,1H3. The van der Waals surface area contributed by atoms with Crippen molar-refractivity contribution in [3.63, 3.8) is 0 Å². The molecule has 0 saturated carbocycles. The first-order chi connectivity index (χ1) is 6.02. The van der Waals surface area contributed by atoms with E-state index in [1.165, 1.54) is 0 Å². The van der Waals surface area contributed by atoms with Gasteiger partial charge in [0.1, 0.15) is 0 Å². The summed E-state index contributed by atoms with van der Waals surface area (Å²) in [6, 6.07) is 5.49. The van der Waals surface area contributed by atoms with Gasteiger partial charge >= 0.3 is 0 Å². The predicted octanol–water partition coefficient (Wildman–Crippen LogP) is 3.55. The maximum atomic E-state index is 11.5. The molecule has 0 bridgehead atoms. The molecule has 0 saturated heterocycles. The Balaban J connectivity index is 3.04. The largest absolute Gasteiger partial charge is 0.293 e. The van der Waals surface area contributed by atoms with E-state index >= 15 is 0 Å². The normalized spacial score (nSPS) is 12.6. The van der Waals surface area contributed by atoms with Gasteiger partial charge in [0.2, 0.25) is 0 Å². The van der Waals surface area contributed by atoms with Crippen molar-refractivity contribution >= 4 is 56.9 Å². The molecule has 0 aliphatic heterocycles. The maximum Gasteiger partial charge on any atom is 0.176 e. The first kappa shape index (κ1) is 11.5. The van der Waals surface area contributed by atoms with Gasteiger partial charge in [0.25, 0.3) is 0 Å². The van der Waals surface area contributed by atoms with E-state index in [1.807, 2.05) is 19.1 Å². The lowest BCUT2D eigenvalue weighted by atomic mass is 10.1. The number of hydrogen-bond acceptors (Lipinski definition) is 2. The molecular weight excluding hydrogens is 363 g/mol. The van der Waals surface area contributed by atoms with E-state index in [0.717, 1.165) is 14.0 Å². The number of halogens is 2. The highest BCUT2D eigenvalue weighted by Gasteiger charge is 2.12. The molecule has 0 heterocycles. The van der Waals surface area contributed by atoms with Gasteiger partial charge in [-0.1, -0.05) is 22.0 Å². The van der Waals surface area contributed by atoms with Gasteiger partial charge in [-0.3, -0.25) is 4.79 Å². The van der Waals surface area contributed by atoms with Crippen molar-refractivity contribution in [2.75, 3.05) is 0 Å². The summed E-state index contributed by atoms with van der Waals surface area (Å²) < 4.78 is 1.000. The van der Waals surface area contributed by atoms with Crippen molar-refractivity contribution in [2.24, 2.45) is 0 Å². The fourth-order valence-corrected chi connectivity index (χ4v) is 1.81. The van der Waals surface area contributed by atoms with E-state index in [4.69, 9.17) is 0 Å². The molecule has 0 radical (unpaired) electrons. The first-order valence-electron chi connectivity index (χ1n) is 3.69. The summed E-state index contributed by atoms with van der Waals surface area (Å²) in [5, 5.41) is 0. The molecule has 70 valence electrons. The van der Waals surface area contributed by atoms with Gasteiger partial charge in [0, 0.05) is 14.0 Å². The molecule has 1 unspecified atom stereocenters. The minimum Gasteiger partial charge on any atom is -0.293 e. The smallest absolute Gasteiger partial charge is 0.176 e. The van der Waals surface area contributed by atoms with Crippen molar-refractivity contribution in [3.05, 3.63) is 27.3 Å². The van der Waals surface area contributed by atoms with E-state index in [0.29, 0.717) is 0 Å². The third kappa shape index (κ3) is 2.95. The van der Waals surface area contributed by atoms with E-state index < -0.39 is 0 Å². The van der Waals surface area contributed by atoms with Gasteiger partial charge in [-0.25, -0.2) is 0 Å². The van der Waals surface area contributed by atoms with Crippen molar-refractivity contribution < 1.29 is 4.79 Å². The molecule has 0 fully saturated rings. The summed E-state index contributed by atoms with van der Waals surface area (Å²) in [5.41, 5.74) is 0.728. The second-order valence-electron chi connectivity index (χ2n) is 2.65. The Hall–Kier alpha value is 0.450. The summed E-state index contributed by atoms with van der Waals surface area (Å²) >= 11 is 9.65. The van der Waals surface area contributed by atoms with Crippen LogP contribution in [0.15, 0.2) is 23.1 Å². The summed E-state index contributed by atoms with van der Waals surface area (Å²) in [5.74, 6) is 0.103. The second kappa shape index (κ2) is 4.79. The molecule has 1 aromatic carbocycles. The lowest BCUT2D eigenvalue weighted by Crippen LogP contribution is -2.09. The molecule has 1 aromatic rings. The van der Waals surface area contributed by atoms with Crippen LogP contribution in [0, 0.1) is 3.57 Å². The fraction of sp³-hybridized carbons (Fsp3) is 0.222. The van der Waals surface area contributed by atoms with Gasteiger partial charge in [0.15, 0.2) is 5.78 Å². The van der Waals surface area contributed by atoms with Crippen LogP contribution in [-0.2, 0) is 0 Å². The Morgan fingerprint density at radius 2 is 2.23 bits per heavy atom.